The van der Waals surface area contributed by atoms with Crippen molar-refractivity contribution in [1.29, 1.82) is 0 Å². The Morgan fingerprint density at radius 3 is 2.23 bits per heavy atom. The third-order valence-corrected chi connectivity index (χ3v) is 4.31. The van der Waals surface area contributed by atoms with E-state index >= 15 is 0 Å². The molecular formula is C21H20N2O3. The minimum atomic E-state index is -1.06. The maximum atomic E-state index is 12.4. The molecule has 0 unspecified atom stereocenters. The quantitative estimate of drug-likeness (QED) is 0.639. The number of amides is 1. The zero-order valence-electron chi connectivity index (χ0n) is 14.2. The van der Waals surface area contributed by atoms with E-state index in [1.807, 2.05) is 42.5 Å². The lowest BCUT2D eigenvalue weighted by molar-refractivity contribution is -0.139. The predicted octanol–water partition coefficient (Wildman–Crippen LogP) is 2.72. The molecule has 4 N–H and O–H groups in total. The molecule has 0 radical (unpaired) electrons. The Hall–Kier alpha value is -3.18. The molecule has 3 aromatic rings. The van der Waals surface area contributed by atoms with Crippen molar-refractivity contribution >= 4 is 22.6 Å². The zero-order valence-corrected chi connectivity index (χ0v) is 14.2. The fourth-order valence-electron chi connectivity index (χ4n) is 2.84. The normalized spacial score (nSPS) is 11.9. The van der Waals surface area contributed by atoms with Crippen molar-refractivity contribution in [1.82, 2.24) is 5.32 Å². The molecule has 0 aliphatic rings. The van der Waals surface area contributed by atoms with Crippen LogP contribution in [0.25, 0.3) is 10.8 Å². The summed E-state index contributed by atoms with van der Waals surface area (Å²) in [7, 11) is 0. The number of carboxylic acids is 1. The number of aliphatic carboxylic acids is 1. The highest BCUT2D eigenvalue weighted by Gasteiger charge is 2.21. The van der Waals surface area contributed by atoms with Gasteiger partial charge in [-0.25, -0.2) is 4.79 Å². The van der Waals surface area contributed by atoms with Gasteiger partial charge in [0.05, 0.1) is 0 Å². The first-order valence-corrected chi connectivity index (χ1v) is 8.37. The maximum absolute atomic E-state index is 12.4. The van der Waals surface area contributed by atoms with Crippen LogP contribution in [0.15, 0.2) is 66.7 Å². The average Bonchev–Trinajstić information content (AvgIpc) is 2.67. The van der Waals surface area contributed by atoms with Gasteiger partial charge >= 0.3 is 5.97 Å². The molecule has 0 aliphatic carbocycles. The van der Waals surface area contributed by atoms with Crippen LogP contribution in [0.2, 0.25) is 0 Å². The molecule has 5 nitrogen and oxygen atoms in total. The number of carbonyl (C=O) groups is 2. The van der Waals surface area contributed by atoms with Gasteiger partial charge in [0.15, 0.2) is 0 Å². The standard InChI is InChI=1S/C21H20N2O3/c22-13-14-5-9-17(10-6-14)20(24)23-19(21(25)26)12-15-7-8-16-3-1-2-4-18(16)11-15/h1-11,19H,12-13,22H2,(H,23,24)(H,25,26)/t19-/m1/s1. The first-order chi connectivity index (χ1) is 12.6. The molecule has 1 amide bonds. The summed E-state index contributed by atoms with van der Waals surface area (Å²) in [4.78, 5) is 24.0. The van der Waals surface area contributed by atoms with Crippen molar-refractivity contribution in [3.63, 3.8) is 0 Å². The Balaban J connectivity index is 1.75. The maximum Gasteiger partial charge on any atom is 0.326 e. The van der Waals surface area contributed by atoms with E-state index in [2.05, 4.69) is 5.32 Å². The van der Waals surface area contributed by atoms with Crippen LogP contribution in [0.1, 0.15) is 21.5 Å². The van der Waals surface area contributed by atoms with E-state index in [4.69, 9.17) is 5.73 Å². The minimum absolute atomic E-state index is 0.215. The summed E-state index contributed by atoms with van der Waals surface area (Å²) in [5.41, 5.74) is 7.72. The molecule has 0 saturated carbocycles. The molecule has 5 heteroatoms. The van der Waals surface area contributed by atoms with Gasteiger partial charge in [0, 0.05) is 18.5 Å². The molecule has 0 fully saturated rings. The van der Waals surface area contributed by atoms with Gasteiger partial charge in [0.1, 0.15) is 6.04 Å². The van der Waals surface area contributed by atoms with E-state index in [0.29, 0.717) is 12.1 Å². The van der Waals surface area contributed by atoms with Gasteiger partial charge < -0.3 is 16.2 Å². The highest BCUT2D eigenvalue weighted by molar-refractivity contribution is 5.96. The van der Waals surface area contributed by atoms with Crippen LogP contribution in [-0.4, -0.2) is 23.0 Å². The largest absolute Gasteiger partial charge is 0.480 e. The number of nitrogens with two attached hydrogens (primary N) is 1. The van der Waals surface area contributed by atoms with E-state index in [1.165, 1.54) is 0 Å². The summed E-state index contributed by atoms with van der Waals surface area (Å²) >= 11 is 0. The van der Waals surface area contributed by atoms with Gasteiger partial charge in [0.2, 0.25) is 0 Å². The summed E-state index contributed by atoms with van der Waals surface area (Å²) in [5, 5.41) is 14.2. The second-order valence-electron chi connectivity index (χ2n) is 6.15. The smallest absolute Gasteiger partial charge is 0.326 e. The van der Waals surface area contributed by atoms with Crippen molar-refractivity contribution in [2.75, 3.05) is 0 Å². The van der Waals surface area contributed by atoms with Crippen molar-refractivity contribution in [3.05, 3.63) is 83.4 Å². The lowest BCUT2D eigenvalue weighted by atomic mass is 10.0. The number of nitrogens with one attached hydrogen (secondary N) is 1. The number of benzene rings is 3. The van der Waals surface area contributed by atoms with E-state index in [0.717, 1.165) is 21.9 Å². The molecule has 132 valence electrons. The van der Waals surface area contributed by atoms with Gasteiger partial charge in [-0.3, -0.25) is 4.79 Å². The molecule has 26 heavy (non-hydrogen) atoms. The summed E-state index contributed by atoms with van der Waals surface area (Å²) < 4.78 is 0. The molecule has 0 aliphatic heterocycles. The number of rotatable bonds is 6. The minimum Gasteiger partial charge on any atom is -0.480 e. The Labute approximate surface area is 151 Å². The average molecular weight is 348 g/mol. The van der Waals surface area contributed by atoms with E-state index in [1.54, 1.807) is 24.3 Å². The van der Waals surface area contributed by atoms with Crippen LogP contribution in [0.5, 0.6) is 0 Å². The van der Waals surface area contributed by atoms with Gasteiger partial charge in [-0.15, -0.1) is 0 Å². The monoisotopic (exact) mass is 348 g/mol. The highest BCUT2D eigenvalue weighted by atomic mass is 16.4. The zero-order chi connectivity index (χ0) is 18.5. The van der Waals surface area contributed by atoms with Crippen LogP contribution < -0.4 is 11.1 Å². The SMILES string of the molecule is NCc1ccc(C(=O)N[C@H](Cc2ccc3ccccc3c2)C(=O)O)cc1. The second kappa shape index (κ2) is 7.80. The number of fused-ring (bicyclic) bond motifs is 1. The topological polar surface area (TPSA) is 92.4 Å². The number of hydrogen-bond donors (Lipinski definition) is 3. The van der Waals surface area contributed by atoms with Crippen LogP contribution in [0.3, 0.4) is 0 Å². The number of carbonyl (C=O) groups excluding carboxylic acids is 1. The summed E-state index contributed by atoms with van der Waals surface area (Å²) in [6, 6.07) is 19.5. The van der Waals surface area contributed by atoms with Crippen LogP contribution in [-0.2, 0) is 17.8 Å². The molecule has 3 rings (SSSR count). The van der Waals surface area contributed by atoms with E-state index in [-0.39, 0.29) is 6.42 Å². The third kappa shape index (κ3) is 4.07. The first-order valence-electron chi connectivity index (χ1n) is 8.37. The summed E-state index contributed by atoms with van der Waals surface area (Å²) in [6.45, 7) is 0.390. The Morgan fingerprint density at radius 1 is 0.923 bits per heavy atom. The molecular weight excluding hydrogens is 328 g/mol. The van der Waals surface area contributed by atoms with E-state index < -0.39 is 17.9 Å². The molecule has 3 aromatic carbocycles. The van der Waals surface area contributed by atoms with Crippen molar-refractivity contribution in [2.45, 2.75) is 19.0 Å². The van der Waals surface area contributed by atoms with Crippen LogP contribution in [0.4, 0.5) is 0 Å². The van der Waals surface area contributed by atoms with Crippen LogP contribution in [0, 0.1) is 0 Å². The molecule has 0 aromatic heterocycles. The van der Waals surface area contributed by atoms with Crippen LogP contribution >= 0.6 is 0 Å². The highest BCUT2D eigenvalue weighted by Crippen LogP contribution is 2.17. The van der Waals surface area contributed by atoms with Crippen molar-refractivity contribution < 1.29 is 14.7 Å². The summed E-state index contributed by atoms with van der Waals surface area (Å²) in [6.07, 6.45) is 0.215. The number of carboxylic acid groups (broad SMARTS) is 1. The predicted molar refractivity (Wildman–Crippen MR) is 101 cm³/mol. The fourth-order valence-corrected chi connectivity index (χ4v) is 2.84. The summed E-state index contributed by atoms with van der Waals surface area (Å²) in [5.74, 6) is -1.48. The number of hydrogen-bond acceptors (Lipinski definition) is 3. The molecule has 0 bridgehead atoms. The Bertz CT molecular complexity index is 935. The van der Waals surface area contributed by atoms with Gasteiger partial charge in [-0.05, 0) is 34.0 Å². The lowest BCUT2D eigenvalue weighted by Crippen LogP contribution is -2.42. The molecule has 1 atom stereocenters. The lowest BCUT2D eigenvalue weighted by Gasteiger charge is -2.15. The van der Waals surface area contributed by atoms with Gasteiger partial charge in [-0.2, -0.15) is 0 Å². The van der Waals surface area contributed by atoms with Crippen molar-refractivity contribution in [2.24, 2.45) is 5.73 Å². The van der Waals surface area contributed by atoms with E-state index in [9.17, 15) is 14.7 Å². The third-order valence-electron chi connectivity index (χ3n) is 4.31. The molecule has 0 saturated heterocycles. The Kier molecular flexibility index (Phi) is 5.29. The molecule has 0 heterocycles. The fraction of sp³-hybridized carbons (Fsp3) is 0.143. The second-order valence-corrected chi connectivity index (χ2v) is 6.15. The van der Waals surface area contributed by atoms with Gasteiger partial charge in [-0.1, -0.05) is 54.6 Å². The van der Waals surface area contributed by atoms with Gasteiger partial charge in [0.25, 0.3) is 5.91 Å². The molecule has 0 spiro atoms. The first kappa shape index (κ1) is 17.6. The Morgan fingerprint density at radius 2 is 1.58 bits per heavy atom. The van der Waals surface area contributed by atoms with Crippen molar-refractivity contribution in [3.8, 4) is 0 Å².